The maximum atomic E-state index is 12.8. The second kappa shape index (κ2) is 9.22. The third kappa shape index (κ3) is 4.91. The highest BCUT2D eigenvalue weighted by atomic mass is 16.2. The highest BCUT2D eigenvalue weighted by Crippen LogP contribution is 2.30. The van der Waals surface area contributed by atoms with E-state index >= 15 is 0 Å². The van der Waals surface area contributed by atoms with Crippen molar-refractivity contribution in [3.8, 4) is 0 Å². The molecule has 0 spiro atoms. The zero-order valence-corrected chi connectivity index (χ0v) is 16.9. The minimum absolute atomic E-state index is 0.0409. The third-order valence-electron chi connectivity index (χ3n) is 6.11. The molecule has 3 rings (SSSR count). The van der Waals surface area contributed by atoms with E-state index in [1.54, 1.807) is 0 Å². The van der Waals surface area contributed by atoms with Crippen LogP contribution in [0.15, 0.2) is 30.3 Å². The summed E-state index contributed by atoms with van der Waals surface area (Å²) in [7, 11) is 0. The second-order valence-corrected chi connectivity index (χ2v) is 8.06. The molecule has 0 radical (unpaired) electrons. The summed E-state index contributed by atoms with van der Waals surface area (Å²) in [5, 5.41) is 2.91. The molecule has 28 heavy (non-hydrogen) atoms. The van der Waals surface area contributed by atoms with E-state index in [1.165, 1.54) is 6.92 Å². The summed E-state index contributed by atoms with van der Waals surface area (Å²) in [4.78, 5) is 40.6. The summed E-state index contributed by atoms with van der Waals surface area (Å²) < 4.78 is 0. The lowest BCUT2D eigenvalue weighted by Crippen LogP contribution is -2.45. The van der Waals surface area contributed by atoms with Gasteiger partial charge in [0.15, 0.2) is 0 Å². The number of hydrogen-bond donors (Lipinski definition) is 1. The van der Waals surface area contributed by atoms with Gasteiger partial charge in [0.1, 0.15) is 0 Å². The van der Waals surface area contributed by atoms with Crippen LogP contribution in [0.2, 0.25) is 0 Å². The molecule has 0 bridgehead atoms. The lowest BCUT2D eigenvalue weighted by Gasteiger charge is -2.38. The molecule has 1 aromatic carbocycles. The van der Waals surface area contributed by atoms with Gasteiger partial charge in [-0.2, -0.15) is 0 Å². The Hall–Kier alpha value is -2.37. The molecule has 2 aliphatic rings. The van der Waals surface area contributed by atoms with Gasteiger partial charge >= 0.3 is 0 Å². The fourth-order valence-electron chi connectivity index (χ4n) is 4.51. The molecular formula is C22H31N3O3. The second-order valence-electron chi connectivity index (χ2n) is 8.06. The zero-order valence-electron chi connectivity index (χ0n) is 16.9. The largest absolute Gasteiger partial charge is 0.352 e. The molecule has 152 valence electrons. The van der Waals surface area contributed by atoms with Gasteiger partial charge in [-0.15, -0.1) is 0 Å². The molecule has 6 heteroatoms. The van der Waals surface area contributed by atoms with Gasteiger partial charge < -0.3 is 15.1 Å². The Bertz CT molecular complexity index is 706. The number of nitrogens with one attached hydrogen (secondary N) is 1. The first-order valence-corrected chi connectivity index (χ1v) is 10.4. The molecule has 2 fully saturated rings. The fraction of sp³-hybridized carbons (Fsp3) is 0.591. The topological polar surface area (TPSA) is 69.7 Å². The number of piperidine rings is 1. The predicted molar refractivity (Wildman–Crippen MR) is 108 cm³/mol. The number of likely N-dealkylation sites (tertiary alicyclic amines) is 2. The highest BCUT2D eigenvalue weighted by Gasteiger charge is 2.34. The smallest absolute Gasteiger partial charge is 0.253 e. The molecule has 1 N–H and O–H groups in total. The summed E-state index contributed by atoms with van der Waals surface area (Å²) in [5.41, 5.74) is 0.730. The van der Waals surface area contributed by atoms with Gasteiger partial charge in [-0.1, -0.05) is 31.5 Å². The number of carbonyl (C=O) groups excluding carboxylic acids is 3. The molecule has 3 atom stereocenters. The number of benzene rings is 1. The van der Waals surface area contributed by atoms with Crippen LogP contribution in [0.5, 0.6) is 0 Å². The van der Waals surface area contributed by atoms with Crippen LogP contribution < -0.4 is 5.32 Å². The molecule has 0 saturated carbocycles. The standard InChI is InChI=1S/C22H31N3O3/c1-3-17-14-25(22(28)18-7-5-4-6-8-18)11-9-19(17)13-21(27)24-12-10-20(15-24)23-16(2)26/h4-8,17,19-20H,3,9-15H2,1-2H3,(H,23,26)/t17-,19+,20-/m1/s1. The molecule has 2 saturated heterocycles. The van der Waals surface area contributed by atoms with Gasteiger partial charge in [0, 0.05) is 51.1 Å². The van der Waals surface area contributed by atoms with E-state index in [2.05, 4.69) is 12.2 Å². The Morgan fingerprint density at radius 1 is 1.00 bits per heavy atom. The highest BCUT2D eigenvalue weighted by molar-refractivity contribution is 5.94. The van der Waals surface area contributed by atoms with Crippen molar-refractivity contribution in [3.05, 3.63) is 35.9 Å². The van der Waals surface area contributed by atoms with E-state index in [9.17, 15) is 14.4 Å². The van der Waals surface area contributed by atoms with Gasteiger partial charge in [-0.05, 0) is 36.8 Å². The maximum Gasteiger partial charge on any atom is 0.253 e. The molecule has 2 aliphatic heterocycles. The lowest BCUT2D eigenvalue weighted by molar-refractivity contribution is -0.132. The Balaban J connectivity index is 1.54. The molecule has 3 amide bonds. The van der Waals surface area contributed by atoms with E-state index < -0.39 is 0 Å². The Labute approximate surface area is 167 Å². The van der Waals surface area contributed by atoms with E-state index in [0.29, 0.717) is 37.9 Å². The monoisotopic (exact) mass is 385 g/mol. The van der Waals surface area contributed by atoms with E-state index in [4.69, 9.17) is 0 Å². The molecular weight excluding hydrogens is 354 g/mol. The SMILES string of the molecule is CC[C@@H]1CN(C(=O)c2ccccc2)CC[C@H]1CC(=O)N1CC[C@@H](NC(C)=O)C1. The van der Waals surface area contributed by atoms with E-state index in [0.717, 1.165) is 31.4 Å². The van der Waals surface area contributed by atoms with Crippen LogP contribution >= 0.6 is 0 Å². The van der Waals surface area contributed by atoms with Crippen LogP contribution in [-0.4, -0.2) is 59.7 Å². The van der Waals surface area contributed by atoms with Crippen molar-refractivity contribution >= 4 is 17.7 Å². The fourth-order valence-corrected chi connectivity index (χ4v) is 4.51. The Morgan fingerprint density at radius 2 is 1.71 bits per heavy atom. The van der Waals surface area contributed by atoms with Crippen molar-refractivity contribution in [1.82, 2.24) is 15.1 Å². The van der Waals surface area contributed by atoms with Crippen LogP contribution in [0.1, 0.15) is 49.9 Å². The number of carbonyl (C=O) groups is 3. The van der Waals surface area contributed by atoms with Crippen LogP contribution in [0, 0.1) is 11.8 Å². The number of nitrogens with zero attached hydrogens (tertiary/aromatic N) is 2. The van der Waals surface area contributed by atoms with Crippen molar-refractivity contribution in [3.63, 3.8) is 0 Å². The molecule has 0 aliphatic carbocycles. The zero-order chi connectivity index (χ0) is 20.1. The van der Waals surface area contributed by atoms with Crippen LogP contribution in [0.25, 0.3) is 0 Å². The Kier molecular flexibility index (Phi) is 6.70. The molecule has 1 aromatic rings. The first-order chi connectivity index (χ1) is 13.5. The van der Waals surface area contributed by atoms with Gasteiger partial charge in [0.05, 0.1) is 0 Å². The maximum absolute atomic E-state index is 12.8. The first kappa shape index (κ1) is 20.4. The first-order valence-electron chi connectivity index (χ1n) is 10.4. The minimum atomic E-state index is -0.0409. The van der Waals surface area contributed by atoms with E-state index in [-0.39, 0.29) is 23.8 Å². The van der Waals surface area contributed by atoms with Gasteiger partial charge in [0.2, 0.25) is 11.8 Å². The molecule has 6 nitrogen and oxygen atoms in total. The average Bonchev–Trinajstić information content (AvgIpc) is 3.16. The molecule has 0 aromatic heterocycles. The minimum Gasteiger partial charge on any atom is -0.352 e. The Morgan fingerprint density at radius 3 is 2.39 bits per heavy atom. The van der Waals surface area contributed by atoms with Crippen LogP contribution in [0.4, 0.5) is 0 Å². The van der Waals surface area contributed by atoms with Crippen molar-refractivity contribution in [2.75, 3.05) is 26.2 Å². The van der Waals surface area contributed by atoms with Gasteiger partial charge in [0.25, 0.3) is 5.91 Å². The molecule has 0 unspecified atom stereocenters. The van der Waals surface area contributed by atoms with Crippen molar-refractivity contribution < 1.29 is 14.4 Å². The summed E-state index contributed by atoms with van der Waals surface area (Å²) in [5.74, 6) is 0.887. The van der Waals surface area contributed by atoms with Crippen molar-refractivity contribution in [1.29, 1.82) is 0 Å². The molecule has 2 heterocycles. The number of rotatable bonds is 5. The number of hydrogen-bond acceptors (Lipinski definition) is 3. The quantitative estimate of drug-likeness (QED) is 0.846. The average molecular weight is 386 g/mol. The normalized spacial score (nSPS) is 24.9. The summed E-state index contributed by atoms with van der Waals surface area (Å²) >= 11 is 0. The van der Waals surface area contributed by atoms with Crippen molar-refractivity contribution in [2.45, 2.75) is 45.6 Å². The lowest BCUT2D eigenvalue weighted by atomic mass is 9.81. The summed E-state index contributed by atoms with van der Waals surface area (Å²) in [6.07, 6.45) is 3.20. The number of amides is 3. The van der Waals surface area contributed by atoms with Crippen LogP contribution in [-0.2, 0) is 9.59 Å². The summed E-state index contributed by atoms with van der Waals surface area (Å²) in [6.45, 7) is 6.40. The third-order valence-corrected chi connectivity index (χ3v) is 6.11. The van der Waals surface area contributed by atoms with Gasteiger partial charge in [-0.25, -0.2) is 0 Å². The van der Waals surface area contributed by atoms with Gasteiger partial charge in [-0.3, -0.25) is 14.4 Å². The van der Waals surface area contributed by atoms with Crippen molar-refractivity contribution in [2.24, 2.45) is 11.8 Å². The van der Waals surface area contributed by atoms with E-state index in [1.807, 2.05) is 40.1 Å². The predicted octanol–water partition coefficient (Wildman–Crippen LogP) is 2.30. The summed E-state index contributed by atoms with van der Waals surface area (Å²) in [6, 6.07) is 9.49. The van der Waals surface area contributed by atoms with Crippen LogP contribution in [0.3, 0.4) is 0 Å².